The van der Waals surface area contributed by atoms with Crippen LogP contribution in [0.4, 0.5) is 0 Å². The average molecular weight is 169 g/mol. The summed E-state index contributed by atoms with van der Waals surface area (Å²) >= 11 is 0. The highest BCUT2D eigenvalue weighted by atomic mass is 16.3. The molecule has 1 aromatic heterocycles. The van der Waals surface area contributed by atoms with E-state index in [1.807, 2.05) is 13.8 Å². The lowest BCUT2D eigenvalue weighted by Gasteiger charge is -2.01. The van der Waals surface area contributed by atoms with E-state index < -0.39 is 0 Å². The molecule has 0 aliphatic rings. The van der Waals surface area contributed by atoms with E-state index in [1.165, 1.54) is 12.4 Å². The van der Waals surface area contributed by atoms with Crippen LogP contribution in [0.1, 0.15) is 25.0 Å². The van der Waals surface area contributed by atoms with Gasteiger partial charge in [0.15, 0.2) is 0 Å². The number of aromatic hydroxyl groups is 1. The van der Waals surface area contributed by atoms with E-state index in [-0.39, 0.29) is 12.4 Å². The quantitative estimate of drug-likeness (QED) is 0.671. The first-order valence-electron chi connectivity index (χ1n) is 3.99. The van der Waals surface area contributed by atoms with Gasteiger partial charge in [0.1, 0.15) is 5.75 Å². The summed E-state index contributed by atoms with van der Waals surface area (Å²) in [5, 5.41) is 17.7. The Morgan fingerprint density at radius 3 is 2.33 bits per heavy atom. The summed E-state index contributed by atoms with van der Waals surface area (Å²) in [6, 6.07) is 0. The minimum atomic E-state index is -0.0762. The first-order valence-corrected chi connectivity index (χ1v) is 3.99. The Kier molecular flexibility index (Phi) is 5.04. The third-order valence-corrected chi connectivity index (χ3v) is 1.46. The molecule has 3 heteroatoms. The van der Waals surface area contributed by atoms with Crippen LogP contribution in [0.5, 0.6) is 5.75 Å². The van der Waals surface area contributed by atoms with Gasteiger partial charge in [0.2, 0.25) is 0 Å². The van der Waals surface area contributed by atoms with Crippen LogP contribution in [-0.4, -0.2) is 15.2 Å². The summed E-state index contributed by atoms with van der Waals surface area (Å²) in [6.07, 6.45) is 2.89. The van der Waals surface area contributed by atoms with Crippen molar-refractivity contribution in [3.8, 4) is 5.75 Å². The smallest absolute Gasteiger partial charge is 0.137 e. The molecule has 0 radical (unpaired) electrons. The van der Waals surface area contributed by atoms with Crippen molar-refractivity contribution in [2.75, 3.05) is 0 Å². The van der Waals surface area contributed by atoms with Crippen molar-refractivity contribution >= 4 is 0 Å². The molecule has 0 bridgehead atoms. The van der Waals surface area contributed by atoms with E-state index in [4.69, 9.17) is 10.2 Å². The van der Waals surface area contributed by atoms with Crippen LogP contribution >= 0.6 is 0 Å². The monoisotopic (exact) mass is 169 g/mol. The molecule has 0 atom stereocenters. The molecule has 0 spiro atoms. The topological polar surface area (TPSA) is 53.4 Å². The zero-order valence-corrected chi connectivity index (χ0v) is 7.70. The van der Waals surface area contributed by atoms with E-state index in [2.05, 4.69) is 4.98 Å². The molecule has 0 unspecified atom stereocenters. The summed E-state index contributed by atoms with van der Waals surface area (Å²) < 4.78 is 0. The van der Waals surface area contributed by atoms with Crippen LogP contribution in [0, 0.1) is 6.92 Å². The summed E-state index contributed by atoms with van der Waals surface area (Å²) in [4.78, 5) is 3.71. The van der Waals surface area contributed by atoms with Gasteiger partial charge >= 0.3 is 0 Å². The van der Waals surface area contributed by atoms with Crippen molar-refractivity contribution in [1.82, 2.24) is 4.98 Å². The van der Waals surface area contributed by atoms with Crippen molar-refractivity contribution in [2.45, 2.75) is 27.4 Å². The van der Waals surface area contributed by atoms with Gasteiger partial charge in [-0.15, -0.1) is 0 Å². The molecule has 68 valence electrons. The molecule has 0 aliphatic heterocycles. The second-order valence-corrected chi connectivity index (χ2v) is 2.10. The van der Waals surface area contributed by atoms with Gasteiger partial charge in [0, 0.05) is 11.8 Å². The van der Waals surface area contributed by atoms with Gasteiger partial charge < -0.3 is 10.2 Å². The molecular weight excluding hydrogens is 154 g/mol. The average Bonchev–Trinajstić information content (AvgIpc) is 2.13. The predicted molar refractivity (Wildman–Crippen MR) is 47.9 cm³/mol. The van der Waals surface area contributed by atoms with Crippen LogP contribution in [0.15, 0.2) is 12.4 Å². The van der Waals surface area contributed by atoms with Gasteiger partial charge in [-0.25, -0.2) is 0 Å². The second kappa shape index (κ2) is 5.55. The number of pyridine rings is 1. The molecule has 0 fully saturated rings. The highest BCUT2D eigenvalue weighted by Gasteiger charge is 2.00. The van der Waals surface area contributed by atoms with Gasteiger partial charge in [-0.3, -0.25) is 4.98 Å². The Balaban J connectivity index is 0.000000561. The normalized spacial score (nSPS) is 8.67. The minimum Gasteiger partial charge on any atom is -0.506 e. The van der Waals surface area contributed by atoms with Crippen LogP contribution in [-0.2, 0) is 6.61 Å². The second-order valence-electron chi connectivity index (χ2n) is 2.10. The van der Waals surface area contributed by atoms with Crippen molar-refractivity contribution in [3.63, 3.8) is 0 Å². The van der Waals surface area contributed by atoms with Crippen LogP contribution in [0.25, 0.3) is 0 Å². The predicted octanol–water partition coefficient (Wildman–Crippen LogP) is 1.61. The molecule has 0 aliphatic carbocycles. The maximum atomic E-state index is 9.06. The molecule has 1 rings (SSSR count). The Labute approximate surface area is 72.7 Å². The highest BCUT2D eigenvalue weighted by Crippen LogP contribution is 2.16. The van der Waals surface area contributed by atoms with E-state index in [0.717, 1.165) is 0 Å². The fourth-order valence-electron chi connectivity index (χ4n) is 0.715. The maximum Gasteiger partial charge on any atom is 0.137 e. The lowest BCUT2D eigenvalue weighted by molar-refractivity contribution is 0.279. The van der Waals surface area contributed by atoms with Gasteiger partial charge in [-0.05, 0) is 12.5 Å². The van der Waals surface area contributed by atoms with Crippen molar-refractivity contribution in [3.05, 3.63) is 23.5 Å². The number of hydrogen-bond donors (Lipinski definition) is 2. The zero-order chi connectivity index (χ0) is 9.56. The fraction of sp³-hybridized carbons (Fsp3) is 0.444. The standard InChI is InChI=1S/C7H9NO2.C2H6/c1-5-6(4-9)2-8-3-7(5)10;1-2/h2-3,9-10H,4H2,1H3;1-2H3. The summed E-state index contributed by atoms with van der Waals surface area (Å²) in [5.74, 6) is 0.131. The van der Waals surface area contributed by atoms with Crippen LogP contribution < -0.4 is 0 Å². The van der Waals surface area contributed by atoms with E-state index >= 15 is 0 Å². The third-order valence-electron chi connectivity index (χ3n) is 1.46. The first-order chi connectivity index (χ1) is 5.75. The Morgan fingerprint density at radius 1 is 1.33 bits per heavy atom. The molecule has 0 saturated carbocycles. The lowest BCUT2D eigenvalue weighted by Crippen LogP contribution is -1.89. The largest absolute Gasteiger partial charge is 0.506 e. The number of nitrogens with zero attached hydrogens (tertiary/aromatic N) is 1. The van der Waals surface area contributed by atoms with Gasteiger partial charge in [-0.1, -0.05) is 13.8 Å². The number of aliphatic hydroxyl groups is 1. The molecule has 1 aromatic rings. The summed E-state index contributed by atoms with van der Waals surface area (Å²) in [7, 11) is 0. The van der Waals surface area contributed by atoms with Gasteiger partial charge in [0.05, 0.1) is 12.8 Å². The van der Waals surface area contributed by atoms with Gasteiger partial charge in [0.25, 0.3) is 0 Å². The minimum absolute atomic E-state index is 0.0762. The SMILES string of the molecule is CC.Cc1c(O)cncc1CO. The molecule has 0 aromatic carbocycles. The highest BCUT2D eigenvalue weighted by molar-refractivity contribution is 5.33. The Bertz CT molecular complexity index is 236. The van der Waals surface area contributed by atoms with Crippen LogP contribution in [0.3, 0.4) is 0 Å². The molecule has 0 saturated heterocycles. The van der Waals surface area contributed by atoms with E-state index in [1.54, 1.807) is 6.92 Å². The molecule has 12 heavy (non-hydrogen) atoms. The van der Waals surface area contributed by atoms with E-state index in [9.17, 15) is 0 Å². The first kappa shape index (κ1) is 10.9. The van der Waals surface area contributed by atoms with Crippen molar-refractivity contribution in [1.29, 1.82) is 0 Å². The van der Waals surface area contributed by atoms with Crippen LogP contribution in [0.2, 0.25) is 0 Å². The molecule has 3 nitrogen and oxygen atoms in total. The molecule has 1 heterocycles. The lowest BCUT2D eigenvalue weighted by atomic mass is 10.1. The van der Waals surface area contributed by atoms with Gasteiger partial charge in [-0.2, -0.15) is 0 Å². The fourth-order valence-corrected chi connectivity index (χ4v) is 0.715. The third kappa shape index (κ3) is 2.51. The number of hydrogen-bond acceptors (Lipinski definition) is 3. The van der Waals surface area contributed by atoms with E-state index in [0.29, 0.717) is 11.1 Å². The zero-order valence-electron chi connectivity index (χ0n) is 7.70. The number of aliphatic hydroxyl groups excluding tert-OH is 1. The Morgan fingerprint density at radius 2 is 1.92 bits per heavy atom. The molecular formula is C9H15NO2. The Hall–Kier alpha value is -1.09. The van der Waals surface area contributed by atoms with Crippen molar-refractivity contribution in [2.24, 2.45) is 0 Å². The van der Waals surface area contributed by atoms with Crippen molar-refractivity contribution < 1.29 is 10.2 Å². The number of aromatic nitrogens is 1. The summed E-state index contributed by atoms with van der Waals surface area (Å²) in [5.41, 5.74) is 1.36. The molecule has 0 amide bonds. The molecule has 2 N–H and O–H groups in total. The summed E-state index contributed by atoms with van der Waals surface area (Å²) in [6.45, 7) is 5.66. The number of rotatable bonds is 1. The maximum absolute atomic E-state index is 9.06.